The van der Waals surface area contributed by atoms with E-state index in [1.807, 2.05) is 6.07 Å². The second-order valence-electron chi connectivity index (χ2n) is 7.18. The second-order valence-corrected chi connectivity index (χ2v) is 8.23. The molecule has 6 nitrogen and oxygen atoms in total. The number of carboxylic acid groups (broad SMARTS) is 1. The SMILES string of the molecule is C=CCOc1cc([C@H]2CC(=O)Nc3c2sc(C(=O)O)c3-c2cccc(F)c2)ccc1OC. The van der Waals surface area contributed by atoms with E-state index < -0.39 is 11.8 Å². The van der Waals surface area contributed by atoms with Gasteiger partial charge in [0, 0.05) is 22.8 Å². The molecule has 32 heavy (non-hydrogen) atoms. The van der Waals surface area contributed by atoms with Gasteiger partial charge in [0.1, 0.15) is 17.3 Å². The van der Waals surface area contributed by atoms with E-state index in [0.717, 1.165) is 16.9 Å². The minimum absolute atomic E-state index is 0.0458. The molecule has 0 unspecified atom stereocenters. The van der Waals surface area contributed by atoms with Crippen LogP contribution >= 0.6 is 11.3 Å². The number of hydrogen-bond acceptors (Lipinski definition) is 5. The Morgan fingerprint density at radius 1 is 1.31 bits per heavy atom. The lowest BCUT2D eigenvalue weighted by molar-refractivity contribution is -0.116. The molecule has 2 aromatic carbocycles. The Labute approximate surface area is 187 Å². The number of benzene rings is 2. The molecule has 1 amide bonds. The van der Waals surface area contributed by atoms with Crippen LogP contribution in [-0.4, -0.2) is 30.7 Å². The third-order valence-electron chi connectivity index (χ3n) is 5.16. The third kappa shape index (κ3) is 3.97. The molecule has 1 aromatic heterocycles. The molecule has 1 aliphatic rings. The van der Waals surface area contributed by atoms with Crippen molar-refractivity contribution >= 4 is 28.9 Å². The summed E-state index contributed by atoms with van der Waals surface area (Å²) in [6, 6.07) is 11.0. The largest absolute Gasteiger partial charge is 0.493 e. The molecule has 0 saturated heterocycles. The Bertz CT molecular complexity index is 1220. The maximum atomic E-state index is 13.9. The van der Waals surface area contributed by atoms with Crippen LogP contribution in [0.15, 0.2) is 55.1 Å². The number of thiophene rings is 1. The van der Waals surface area contributed by atoms with Crippen LogP contribution in [0, 0.1) is 5.82 Å². The van der Waals surface area contributed by atoms with Crippen molar-refractivity contribution in [2.75, 3.05) is 19.0 Å². The van der Waals surface area contributed by atoms with E-state index >= 15 is 0 Å². The van der Waals surface area contributed by atoms with E-state index in [4.69, 9.17) is 9.47 Å². The fourth-order valence-corrected chi connectivity index (χ4v) is 5.04. The number of hydrogen-bond donors (Lipinski definition) is 2. The molecule has 0 bridgehead atoms. The van der Waals surface area contributed by atoms with Gasteiger partial charge in [0.2, 0.25) is 5.91 Å². The molecule has 8 heteroatoms. The van der Waals surface area contributed by atoms with Crippen LogP contribution in [0.3, 0.4) is 0 Å². The molecule has 3 aromatic rings. The molecule has 2 N–H and O–H groups in total. The summed E-state index contributed by atoms with van der Waals surface area (Å²) in [7, 11) is 1.53. The average molecular weight is 453 g/mol. The Balaban J connectivity index is 1.87. The van der Waals surface area contributed by atoms with Crippen molar-refractivity contribution in [2.24, 2.45) is 0 Å². The molecular weight excluding hydrogens is 433 g/mol. The monoisotopic (exact) mass is 453 g/mol. The first kappa shape index (κ1) is 21.6. The molecule has 1 aliphatic heterocycles. The lowest BCUT2D eigenvalue weighted by Crippen LogP contribution is -2.22. The molecule has 1 atom stereocenters. The van der Waals surface area contributed by atoms with Gasteiger partial charge in [0.15, 0.2) is 11.5 Å². The highest BCUT2D eigenvalue weighted by Gasteiger charge is 2.35. The zero-order valence-electron chi connectivity index (χ0n) is 17.2. The van der Waals surface area contributed by atoms with Crippen molar-refractivity contribution in [2.45, 2.75) is 12.3 Å². The number of nitrogens with one attached hydrogen (secondary N) is 1. The molecular formula is C24H20FNO5S. The maximum Gasteiger partial charge on any atom is 0.346 e. The van der Waals surface area contributed by atoms with E-state index in [2.05, 4.69) is 11.9 Å². The summed E-state index contributed by atoms with van der Waals surface area (Å²) in [4.78, 5) is 25.4. The summed E-state index contributed by atoms with van der Waals surface area (Å²) in [6.45, 7) is 3.93. The first-order valence-electron chi connectivity index (χ1n) is 9.80. The quantitative estimate of drug-likeness (QED) is 0.474. The van der Waals surface area contributed by atoms with E-state index in [1.165, 1.54) is 25.3 Å². The van der Waals surface area contributed by atoms with E-state index in [1.54, 1.807) is 24.3 Å². The Hall–Kier alpha value is -3.65. The van der Waals surface area contributed by atoms with Crippen LogP contribution in [0.4, 0.5) is 10.1 Å². The number of carboxylic acids is 1. The van der Waals surface area contributed by atoms with E-state index in [0.29, 0.717) is 33.2 Å². The first-order valence-corrected chi connectivity index (χ1v) is 10.6. The van der Waals surface area contributed by atoms with Gasteiger partial charge < -0.3 is 19.9 Å². The number of amides is 1. The van der Waals surface area contributed by atoms with Crippen molar-refractivity contribution in [3.8, 4) is 22.6 Å². The number of aromatic carboxylic acids is 1. The summed E-state index contributed by atoms with van der Waals surface area (Å²) in [5.74, 6) is -1.23. The van der Waals surface area contributed by atoms with Gasteiger partial charge >= 0.3 is 5.97 Å². The molecule has 0 fully saturated rings. The van der Waals surface area contributed by atoms with Gasteiger partial charge in [-0.25, -0.2) is 9.18 Å². The zero-order chi connectivity index (χ0) is 22.8. The number of carbonyl (C=O) groups is 2. The summed E-state index contributed by atoms with van der Waals surface area (Å²) < 4.78 is 24.9. The molecule has 0 aliphatic carbocycles. The van der Waals surface area contributed by atoms with Crippen LogP contribution in [-0.2, 0) is 4.79 Å². The van der Waals surface area contributed by atoms with Crippen molar-refractivity contribution in [1.29, 1.82) is 0 Å². The topological polar surface area (TPSA) is 84.9 Å². The van der Waals surface area contributed by atoms with Gasteiger partial charge in [-0.05, 0) is 35.4 Å². The first-order chi connectivity index (χ1) is 15.4. The predicted octanol–water partition coefficient (Wildman–Crippen LogP) is 5.30. The molecule has 4 rings (SSSR count). The highest BCUT2D eigenvalue weighted by molar-refractivity contribution is 7.15. The van der Waals surface area contributed by atoms with Gasteiger partial charge in [-0.2, -0.15) is 0 Å². The summed E-state index contributed by atoms with van der Waals surface area (Å²) in [5, 5.41) is 12.6. The minimum atomic E-state index is -1.14. The van der Waals surface area contributed by atoms with Gasteiger partial charge in [-0.1, -0.05) is 30.9 Å². The highest BCUT2D eigenvalue weighted by Crippen LogP contribution is 2.50. The van der Waals surface area contributed by atoms with Crippen LogP contribution in [0.2, 0.25) is 0 Å². The molecule has 0 saturated carbocycles. The molecule has 0 radical (unpaired) electrons. The van der Waals surface area contributed by atoms with Crippen molar-refractivity contribution < 1.29 is 28.6 Å². The highest BCUT2D eigenvalue weighted by atomic mass is 32.1. The Morgan fingerprint density at radius 3 is 2.81 bits per heavy atom. The number of methoxy groups -OCH3 is 1. The fourth-order valence-electron chi connectivity index (χ4n) is 3.80. The van der Waals surface area contributed by atoms with Crippen molar-refractivity contribution in [1.82, 2.24) is 0 Å². The lowest BCUT2D eigenvalue weighted by Gasteiger charge is -2.24. The number of halogens is 1. The van der Waals surface area contributed by atoms with Gasteiger partial charge in [-0.3, -0.25) is 4.79 Å². The van der Waals surface area contributed by atoms with E-state index in [9.17, 15) is 19.1 Å². The number of fused-ring (bicyclic) bond motifs is 1. The number of carbonyl (C=O) groups excluding carboxylic acids is 1. The van der Waals surface area contributed by atoms with Gasteiger partial charge in [0.25, 0.3) is 0 Å². The Morgan fingerprint density at radius 2 is 2.12 bits per heavy atom. The number of anilines is 1. The molecule has 164 valence electrons. The molecule has 0 spiro atoms. The smallest absolute Gasteiger partial charge is 0.346 e. The normalized spacial score (nSPS) is 14.9. The molecule has 2 heterocycles. The summed E-state index contributed by atoms with van der Waals surface area (Å²) >= 11 is 1.08. The van der Waals surface area contributed by atoms with Gasteiger partial charge in [-0.15, -0.1) is 11.3 Å². The third-order valence-corrected chi connectivity index (χ3v) is 6.45. The van der Waals surface area contributed by atoms with Crippen LogP contribution in [0.25, 0.3) is 11.1 Å². The van der Waals surface area contributed by atoms with Crippen LogP contribution < -0.4 is 14.8 Å². The van der Waals surface area contributed by atoms with E-state index in [-0.39, 0.29) is 29.7 Å². The van der Waals surface area contributed by atoms with Crippen LogP contribution in [0.5, 0.6) is 11.5 Å². The second kappa shape index (κ2) is 8.84. The lowest BCUT2D eigenvalue weighted by atomic mass is 9.88. The predicted molar refractivity (Wildman–Crippen MR) is 120 cm³/mol. The fraction of sp³-hybridized carbons (Fsp3) is 0.167. The Kier molecular flexibility index (Phi) is 5.96. The summed E-state index contributed by atoms with van der Waals surface area (Å²) in [6.07, 6.45) is 1.75. The number of ether oxygens (including phenoxy) is 2. The standard InChI is InChI=1S/C24H20FNO5S/c1-3-9-31-18-11-13(7-8-17(18)30-2)16-12-19(27)26-21-20(14-5-4-6-15(25)10-14)23(24(28)29)32-22(16)21/h3-8,10-11,16H,1,9,12H2,2H3,(H,26,27)(H,28,29)/t16-/m1/s1. The van der Waals surface area contributed by atoms with Crippen molar-refractivity contribution in [3.63, 3.8) is 0 Å². The average Bonchev–Trinajstić information content (AvgIpc) is 3.16. The maximum absolute atomic E-state index is 13.9. The summed E-state index contributed by atoms with van der Waals surface area (Å²) in [5.41, 5.74) is 1.89. The minimum Gasteiger partial charge on any atom is -0.493 e. The van der Waals surface area contributed by atoms with Crippen molar-refractivity contribution in [3.05, 3.63) is 76.3 Å². The zero-order valence-corrected chi connectivity index (χ0v) is 18.0. The van der Waals surface area contributed by atoms with Crippen LogP contribution in [0.1, 0.15) is 32.5 Å². The number of rotatable bonds is 7. The van der Waals surface area contributed by atoms with Gasteiger partial charge in [0.05, 0.1) is 12.8 Å².